The minimum absolute atomic E-state index is 0.220. The average molecular weight is 333 g/mol. The Morgan fingerprint density at radius 3 is 2.21 bits per heavy atom. The lowest BCUT2D eigenvalue weighted by atomic mass is 10.1. The van der Waals surface area contributed by atoms with Crippen LogP contribution in [0.5, 0.6) is 11.5 Å². The normalized spacial score (nSPS) is 15.6. The molecule has 0 saturated carbocycles. The highest BCUT2D eigenvalue weighted by molar-refractivity contribution is 5.84. The van der Waals surface area contributed by atoms with Crippen LogP contribution < -0.4 is 20.6 Å². The highest BCUT2D eigenvalue weighted by Gasteiger charge is 2.14. The van der Waals surface area contributed by atoms with Crippen molar-refractivity contribution in [3.05, 3.63) is 32.8 Å². The fourth-order valence-corrected chi connectivity index (χ4v) is 3.20. The third-order valence-corrected chi connectivity index (χ3v) is 4.57. The molecule has 1 aliphatic rings. The molecule has 0 aliphatic carbocycles. The van der Waals surface area contributed by atoms with E-state index < -0.39 is 0 Å². The Kier molecular flexibility index (Phi) is 4.89. The topological polar surface area (TPSA) is 76.6 Å². The van der Waals surface area contributed by atoms with Crippen molar-refractivity contribution < 1.29 is 9.47 Å². The van der Waals surface area contributed by atoms with Crippen molar-refractivity contribution in [2.45, 2.75) is 25.8 Å². The van der Waals surface area contributed by atoms with E-state index in [9.17, 15) is 9.59 Å². The molecule has 1 aromatic carbocycles. The van der Waals surface area contributed by atoms with E-state index in [2.05, 4.69) is 10.00 Å². The molecule has 1 fully saturated rings. The van der Waals surface area contributed by atoms with Gasteiger partial charge in [0.15, 0.2) is 11.5 Å². The Labute approximate surface area is 139 Å². The second-order valence-electron chi connectivity index (χ2n) is 6.05. The van der Waals surface area contributed by atoms with Crippen LogP contribution in [0.25, 0.3) is 10.8 Å². The van der Waals surface area contributed by atoms with Gasteiger partial charge in [0, 0.05) is 6.54 Å². The van der Waals surface area contributed by atoms with E-state index >= 15 is 0 Å². The molecule has 0 radical (unpaired) electrons. The third kappa shape index (κ3) is 3.17. The zero-order chi connectivity index (χ0) is 17.1. The van der Waals surface area contributed by atoms with Crippen molar-refractivity contribution in [2.75, 3.05) is 33.9 Å². The molecule has 1 aromatic heterocycles. The summed E-state index contributed by atoms with van der Waals surface area (Å²) in [5.41, 5.74) is -0.522. The molecule has 0 unspecified atom stereocenters. The van der Waals surface area contributed by atoms with Gasteiger partial charge >= 0.3 is 0 Å². The molecule has 1 saturated heterocycles. The minimum atomic E-state index is -0.302. The predicted octanol–water partition coefficient (Wildman–Crippen LogP) is 1.19. The van der Waals surface area contributed by atoms with Crippen molar-refractivity contribution >= 4 is 10.8 Å². The van der Waals surface area contributed by atoms with Crippen LogP contribution >= 0.6 is 0 Å². The molecule has 0 amide bonds. The minimum Gasteiger partial charge on any atom is -0.493 e. The first-order valence-corrected chi connectivity index (χ1v) is 8.25. The summed E-state index contributed by atoms with van der Waals surface area (Å²) in [6.07, 6.45) is 3.66. The van der Waals surface area contributed by atoms with Crippen LogP contribution in [-0.2, 0) is 6.54 Å². The second-order valence-corrected chi connectivity index (χ2v) is 6.05. The zero-order valence-corrected chi connectivity index (χ0v) is 14.1. The Bertz CT molecular complexity index is 834. The predicted molar refractivity (Wildman–Crippen MR) is 92.2 cm³/mol. The first kappa shape index (κ1) is 16.6. The number of nitrogens with one attached hydrogen (secondary N) is 1. The number of methoxy groups -OCH3 is 2. The van der Waals surface area contributed by atoms with Gasteiger partial charge in [-0.15, -0.1) is 0 Å². The molecular formula is C17H23N3O4. The van der Waals surface area contributed by atoms with Crippen molar-refractivity contribution in [3.8, 4) is 11.5 Å². The Morgan fingerprint density at radius 2 is 1.58 bits per heavy atom. The van der Waals surface area contributed by atoms with E-state index in [1.165, 1.54) is 38.2 Å². The maximum absolute atomic E-state index is 12.7. The second kappa shape index (κ2) is 7.09. The fraction of sp³-hybridized carbons (Fsp3) is 0.529. The summed E-state index contributed by atoms with van der Waals surface area (Å²) in [5, 5.41) is 3.33. The SMILES string of the molecule is COc1cc2c(=O)[nH]n(CCN3CCCCC3)c(=O)c2cc1OC. The maximum Gasteiger partial charge on any atom is 0.273 e. The lowest BCUT2D eigenvalue weighted by Crippen LogP contribution is -2.37. The molecule has 2 heterocycles. The van der Waals surface area contributed by atoms with Gasteiger partial charge in [0.05, 0.1) is 31.5 Å². The fourth-order valence-electron chi connectivity index (χ4n) is 3.20. The Balaban J connectivity index is 1.96. The quantitative estimate of drug-likeness (QED) is 0.889. The molecule has 1 aliphatic heterocycles. The van der Waals surface area contributed by atoms with Gasteiger partial charge in [-0.2, -0.15) is 0 Å². The van der Waals surface area contributed by atoms with E-state index in [4.69, 9.17) is 9.47 Å². The van der Waals surface area contributed by atoms with Gasteiger partial charge in [-0.05, 0) is 38.1 Å². The van der Waals surface area contributed by atoms with Crippen molar-refractivity contribution in [2.24, 2.45) is 0 Å². The number of benzene rings is 1. The summed E-state index contributed by atoms with van der Waals surface area (Å²) >= 11 is 0. The van der Waals surface area contributed by atoms with Gasteiger partial charge in [0.1, 0.15) is 0 Å². The highest BCUT2D eigenvalue weighted by Crippen LogP contribution is 2.29. The summed E-state index contributed by atoms with van der Waals surface area (Å²) in [5.74, 6) is 0.872. The van der Waals surface area contributed by atoms with Crippen LogP contribution in [0.3, 0.4) is 0 Å². The third-order valence-electron chi connectivity index (χ3n) is 4.57. The summed E-state index contributed by atoms with van der Waals surface area (Å²) < 4.78 is 11.8. The molecule has 1 N–H and O–H groups in total. The molecular weight excluding hydrogens is 310 g/mol. The van der Waals surface area contributed by atoms with Gasteiger partial charge < -0.3 is 14.4 Å². The van der Waals surface area contributed by atoms with Crippen LogP contribution in [0.1, 0.15) is 19.3 Å². The van der Waals surface area contributed by atoms with Gasteiger partial charge in [-0.25, -0.2) is 4.68 Å². The van der Waals surface area contributed by atoms with E-state index in [1.54, 1.807) is 12.1 Å². The first-order chi connectivity index (χ1) is 11.6. The number of aromatic amines is 1. The number of ether oxygens (including phenoxy) is 2. The molecule has 0 atom stereocenters. The average Bonchev–Trinajstić information content (AvgIpc) is 2.63. The molecule has 130 valence electrons. The lowest BCUT2D eigenvalue weighted by Gasteiger charge is -2.26. The van der Waals surface area contributed by atoms with E-state index in [0.29, 0.717) is 28.8 Å². The molecule has 0 bridgehead atoms. The standard InChI is InChI=1S/C17H23N3O4/c1-23-14-10-12-13(11-15(14)24-2)17(22)20(18-16(12)21)9-8-19-6-4-3-5-7-19/h10-11H,3-9H2,1-2H3,(H,18,21). The van der Waals surface area contributed by atoms with Crippen LogP contribution in [-0.4, -0.2) is 48.5 Å². The number of aromatic nitrogens is 2. The van der Waals surface area contributed by atoms with Crippen molar-refractivity contribution in [3.63, 3.8) is 0 Å². The van der Waals surface area contributed by atoms with Crippen LogP contribution in [0, 0.1) is 0 Å². The van der Waals surface area contributed by atoms with Gasteiger partial charge in [-0.3, -0.25) is 14.7 Å². The van der Waals surface area contributed by atoms with Crippen LogP contribution in [0.15, 0.2) is 21.7 Å². The summed E-state index contributed by atoms with van der Waals surface area (Å²) in [6.45, 7) is 3.34. The van der Waals surface area contributed by atoms with Gasteiger partial charge in [-0.1, -0.05) is 6.42 Å². The zero-order valence-electron chi connectivity index (χ0n) is 14.1. The molecule has 2 aromatic rings. The number of likely N-dealkylation sites (tertiary alicyclic amines) is 1. The van der Waals surface area contributed by atoms with Gasteiger partial charge in [0.2, 0.25) is 0 Å². The van der Waals surface area contributed by atoms with Crippen molar-refractivity contribution in [1.82, 2.24) is 14.7 Å². The largest absolute Gasteiger partial charge is 0.493 e. The molecule has 0 spiro atoms. The number of piperidine rings is 1. The van der Waals surface area contributed by atoms with E-state index in [-0.39, 0.29) is 11.1 Å². The molecule has 7 heteroatoms. The maximum atomic E-state index is 12.7. The molecule has 3 rings (SSSR count). The number of hydrogen-bond acceptors (Lipinski definition) is 5. The summed E-state index contributed by atoms with van der Waals surface area (Å²) in [7, 11) is 3.00. The number of hydrogen-bond donors (Lipinski definition) is 1. The number of H-pyrrole nitrogens is 1. The summed E-state index contributed by atoms with van der Waals surface area (Å²) in [6, 6.07) is 3.12. The molecule has 24 heavy (non-hydrogen) atoms. The number of nitrogens with zero attached hydrogens (tertiary/aromatic N) is 2. The monoisotopic (exact) mass is 333 g/mol. The Hall–Kier alpha value is -2.28. The van der Waals surface area contributed by atoms with Crippen molar-refractivity contribution in [1.29, 1.82) is 0 Å². The molecule has 7 nitrogen and oxygen atoms in total. The first-order valence-electron chi connectivity index (χ1n) is 8.25. The van der Waals surface area contributed by atoms with Crippen LogP contribution in [0.4, 0.5) is 0 Å². The van der Waals surface area contributed by atoms with Gasteiger partial charge in [0.25, 0.3) is 11.1 Å². The Morgan fingerprint density at radius 1 is 0.958 bits per heavy atom. The lowest BCUT2D eigenvalue weighted by molar-refractivity contribution is 0.216. The van der Waals surface area contributed by atoms with Crippen LogP contribution in [0.2, 0.25) is 0 Å². The smallest absolute Gasteiger partial charge is 0.273 e. The number of rotatable bonds is 5. The van der Waals surface area contributed by atoms with E-state index in [1.807, 2.05) is 0 Å². The summed E-state index contributed by atoms with van der Waals surface area (Å²) in [4.78, 5) is 27.4. The highest BCUT2D eigenvalue weighted by atomic mass is 16.5. The number of fused-ring (bicyclic) bond motifs is 1. The van der Waals surface area contributed by atoms with E-state index in [0.717, 1.165) is 19.6 Å².